The quantitative estimate of drug-likeness (QED) is 0.568. The van der Waals surface area contributed by atoms with Crippen molar-refractivity contribution < 1.29 is 23.9 Å². The van der Waals surface area contributed by atoms with Crippen molar-refractivity contribution in [3.8, 4) is 0 Å². The van der Waals surface area contributed by atoms with Crippen LogP contribution in [0.5, 0.6) is 0 Å². The van der Waals surface area contributed by atoms with Crippen molar-refractivity contribution in [2.45, 2.75) is 26.4 Å². The summed E-state index contributed by atoms with van der Waals surface area (Å²) in [5.41, 5.74) is 0.494. The van der Waals surface area contributed by atoms with Gasteiger partial charge in [-0.2, -0.15) is 11.8 Å². The minimum atomic E-state index is -0.527. The van der Waals surface area contributed by atoms with E-state index in [0.29, 0.717) is 23.5 Å². The SMILES string of the molecule is COC(=O)c1ccc(NC(=O)CSCCNC(=O)OC(C)(C)C)cc1. The molecule has 0 aliphatic heterocycles. The summed E-state index contributed by atoms with van der Waals surface area (Å²) in [7, 11) is 1.31. The fourth-order valence-corrected chi connectivity index (χ4v) is 2.36. The lowest BCUT2D eigenvalue weighted by atomic mass is 10.2. The van der Waals surface area contributed by atoms with E-state index in [-0.39, 0.29) is 11.7 Å². The Morgan fingerprint density at radius 1 is 1.12 bits per heavy atom. The first-order valence-electron chi connectivity index (χ1n) is 7.74. The number of ether oxygens (including phenoxy) is 2. The fraction of sp³-hybridized carbons (Fsp3) is 0.471. The second-order valence-electron chi connectivity index (χ2n) is 6.10. The summed E-state index contributed by atoms with van der Waals surface area (Å²) in [5, 5.41) is 5.36. The summed E-state index contributed by atoms with van der Waals surface area (Å²) in [6, 6.07) is 6.44. The third kappa shape index (κ3) is 8.99. The molecule has 0 bridgehead atoms. The standard InChI is InChI=1S/C17H24N2O5S/c1-17(2,3)24-16(22)18-9-10-25-11-14(20)19-13-7-5-12(6-8-13)15(21)23-4/h5-8H,9-11H2,1-4H3,(H,18,22)(H,19,20). The van der Waals surface area contributed by atoms with Crippen molar-refractivity contribution >= 4 is 35.4 Å². The van der Waals surface area contributed by atoms with Gasteiger partial charge in [-0.05, 0) is 45.0 Å². The van der Waals surface area contributed by atoms with Gasteiger partial charge in [0.1, 0.15) is 5.60 Å². The Hall–Kier alpha value is -2.22. The molecule has 0 aliphatic carbocycles. The minimum absolute atomic E-state index is 0.159. The Labute approximate surface area is 151 Å². The van der Waals surface area contributed by atoms with Crippen molar-refractivity contribution in [2.24, 2.45) is 0 Å². The molecule has 0 spiro atoms. The van der Waals surface area contributed by atoms with Crippen LogP contribution >= 0.6 is 11.8 Å². The maximum atomic E-state index is 11.8. The van der Waals surface area contributed by atoms with Crippen LogP contribution in [-0.4, -0.2) is 48.7 Å². The van der Waals surface area contributed by atoms with Crippen molar-refractivity contribution in [1.82, 2.24) is 5.32 Å². The van der Waals surface area contributed by atoms with Crippen LogP contribution in [0.4, 0.5) is 10.5 Å². The van der Waals surface area contributed by atoms with Crippen LogP contribution in [-0.2, 0) is 14.3 Å². The lowest BCUT2D eigenvalue weighted by Crippen LogP contribution is -2.33. The number of amides is 2. The number of hydrogen-bond acceptors (Lipinski definition) is 6. The average Bonchev–Trinajstić information content (AvgIpc) is 2.52. The molecule has 0 heterocycles. The summed E-state index contributed by atoms with van der Waals surface area (Å²) in [6.45, 7) is 5.80. The lowest BCUT2D eigenvalue weighted by molar-refractivity contribution is -0.113. The van der Waals surface area contributed by atoms with Crippen LogP contribution in [0.15, 0.2) is 24.3 Å². The van der Waals surface area contributed by atoms with Crippen molar-refractivity contribution in [3.05, 3.63) is 29.8 Å². The third-order valence-corrected chi connectivity index (χ3v) is 3.70. The van der Waals surface area contributed by atoms with E-state index in [4.69, 9.17) is 4.74 Å². The van der Waals surface area contributed by atoms with E-state index in [9.17, 15) is 14.4 Å². The third-order valence-electron chi connectivity index (χ3n) is 2.74. The first kappa shape index (κ1) is 20.8. The summed E-state index contributed by atoms with van der Waals surface area (Å²) in [4.78, 5) is 34.6. The van der Waals surface area contributed by atoms with Gasteiger partial charge in [-0.15, -0.1) is 0 Å². The van der Waals surface area contributed by atoms with E-state index < -0.39 is 17.7 Å². The lowest BCUT2D eigenvalue weighted by Gasteiger charge is -2.19. The Bertz CT molecular complexity index is 596. The molecule has 1 aromatic carbocycles. The molecule has 0 fully saturated rings. The second-order valence-corrected chi connectivity index (χ2v) is 7.20. The molecule has 0 unspecified atom stereocenters. The topological polar surface area (TPSA) is 93.7 Å². The average molecular weight is 368 g/mol. The maximum Gasteiger partial charge on any atom is 0.407 e. The molecule has 0 radical (unpaired) electrons. The van der Waals surface area contributed by atoms with Gasteiger partial charge in [0.15, 0.2) is 0 Å². The van der Waals surface area contributed by atoms with Gasteiger partial charge in [0.25, 0.3) is 0 Å². The Morgan fingerprint density at radius 2 is 1.76 bits per heavy atom. The van der Waals surface area contributed by atoms with Gasteiger partial charge >= 0.3 is 12.1 Å². The molecule has 0 saturated carbocycles. The molecule has 2 N–H and O–H groups in total. The molecule has 138 valence electrons. The van der Waals surface area contributed by atoms with E-state index in [1.807, 2.05) is 0 Å². The monoisotopic (exact) mass is 368 g/mol. The first-order valence-corrected chi connectivity index (χ1v) is 8.89. The number of methoxy groups -OCH3 is 1. The van der Waals surface area contributed by atoms with Crippen LogP contribution in [0.3, 0.4) is 0 Å². The normalized spacial score (nSPS) is 10.7. The Kier molecular flexibility index (Phi) is 8.27. The van der Waals surface area contributed by atoms with Crippen LogP contribution in [0.1, 0.15) is 31.1 Å². The van der Waals surface area contributed by atoms with Crippen LogP contribution in [0, 0.1) is 0 Å². The first-order chi connectivity index (χ1) is 11.7. The van der Waals surface area contributed by atoms with Gasteiger partial charge in [0, 0.05) is 18.0 Å². The highest BCUT2D eigenvalue weighted by atomic mass is 32.2. The number of nitrogens with one attached hydrogen (secondary N) is 2. The molecule has 0 saturated heterocycles. The molecule has 7 nitrogen and oxygen atoms in total. The predicted molar refractivity (Wildman–Crippen MR) is 98.0 cm³/mol. The Morgan fingerprint density at radius 3 is 2.32 bits per heavy atom. The molecule has 1 rings (SSSR count). The van der Waals surface area contributed by atoms with Crippen molar-refractivity contribution in [2.75, 3.05) is 30.5 Å². The molecule has 0 aliphatic rings. The number of carbonyl (C=O) groups excluding carboxylic acids is 3. The fourth-order valence-electron chi connectivity index (χ4n) is 1.71. The molecular formula is C17H24N2O5S. The zero-order chi connectivity index (χ0) is 18.9. The van der Waals surface area contributed by atoms with Crippen LogP contribution < -0.4 is 10.6 Å². The molecule has 25 heavy (non-hydrogen) atoms. The summed E-state index contributed by atoms with van der Waals surface area (Å²) >= 11 is 1.40. The van der Waals surface area contributed by atoms with E-state index in [1.165, 1.54) is 18.9 Å². The molecule has 0 aromatic heterocycles. The minimum Gasteiger partial charge on any atom is -0.465 e. The van der Waals surface area contributed by atoms with E-state index in [0.717, 1.165) is 0 Å². The highest BCUT2D eigenvalue weighted by Gasteiger charge is 2.15. The van der Waals surface area contributed by atoms with Crippen molar-refractivity contribution in [1.29, 1.82) is 0 Å². The van der Waals surface area contributed by atoms with Gasteiger partial charge in [-0.3, -0.25) is 4.79 Å². The zero-order valence-electron chi connectivity index (χ0n) is 14.9. The van der Waals surface area contributed by atoms with E-state index in [2.05, 4.69) is 15.4 Å². The maximum absolute atomic E-state index is 11.8. The van der Waals surface area contributed by atoms with E-state index >= 15 is 0 Å². The number of carbonyl (C=O) groups is 3. The van der Waals surface area contributed by atoms with Crippen molar-refractivity contribution in [3.63, 3.8) is 0 Å². The number of benzene rings is 1. The molecular weight excluding hydrogens is 344 g/mol. The largest absolute Gasteiger partial charge is 0.465 e. The number of hydrogen-bond donors (Lipinski definition) is 2. The van der Waals surface area contributed by atoms with Crippen LogP contribution in [0.25, 0.3) is 0 Å². The number of rotatable bonds is 7. The molecule has 2 amide bonds. The molecule has 1 aromatic rings. The summed E-state index contributed by atoms with van der Waals surface area (Å²) in [6.07, 6.45) is -0.469. The zero-order valence-corrected chi connectivity index (χ0v) is 15.7. The number of thioether (sulfide) groups is 1. The number of anilines is 1. The molecule has 0 atom stereocenters. The van der Waals surface area contributed by atoms with Gasteiger partial charge in [0.2, 0.25) is 5.91 Å². The van der Waals surface area contributed by atoms with Gasteiger partial charge in [0.05, 0.1) is 18.4 Å². The second kappa shape index (κ2) is 9.93. The molecule has 8 heteroatoms. The van der Waals surface area contributed by atoms with Gasteiger partial charge in [-0.1, -0.05) is 0 Å². The summed E-state index contributed by atoms with van der Waals surface area (Å²) in [5.74, 6) is 0.266. The highest BCUT2D eigenvalue weighted by Crippen LogP contribution is 2.11. The van der Waals surface area contributed by atoms with Gasteiger partial charge < -0.3 is 20.1 Å². The predicted octanol–water partition coefficient (Wildman–Crippen LogP) is 2.67. The van der Waals surface area contributed by atoms with Gasteiger partial charge in [-0.25, -0.2) is 9.59 Å². The van der Waals surface area contributed by atoms with Crippen LogP contribution in [0.2, 0.25) is 0 Å². The van der Waals surface area contributed by atoms with E-state index in [1.54, 1.807) is 45.0 Å². The smallest absolute Gasteiger partial charge is 0.407 e. The summed E-state index contributed by atoms with van der Waals surface area (Å²) < 4.78 is 9.72. The highest BCUT2D eigenvalue weighted by molar-refractivity contribution is 7.99. The Balaban J connectivity index is 2.23. The number of alkyl carbamates (subject to hydrolysis) is 1. The number of esters is 1.